The van der Waals surface area contributed by atoms with Crippen molar-refractivity contribution in [1.29, 1.82) is 0 Å². The van der Waals surface area contributed by atoms with Crippen LogP contribution in [-0.2, 0) is 23.7 Å². The Morgan fingerprint density at radius 3 is 2.43 bits per heavy atom. The molecule has 1 aromatic carbocycles. The average molecular weight is 487 g/mol. The molecule has 6 heteroatoms. The number of allylic oxidation sites excluding steroid dienone is 3. The standard InChI is InChI=1S/C29H42O6/c1-10-24(30)21(5)14-19(3)13-18(2)11-12-25(32-8)29(28(31)33-9)17-34-27(35-29)26-22(6)15-20(4)16-23(26)7/h11-12,14-16,18,24-25,27,30H,3,10,13,17H2,1-2,4-9H3/b12-11+,21-14+/t18-,24+,25+,27-,29+/m1/s1. The minimum atomic E-state index is -1.42. The van der Waals surface area contributed by atoms with Crippen LogP contribution in [0, 0.1) is 26.7 Å². The van der Waals surface area contributed by atoms with Gasteiger partial charge in [-0.25, -0.2) is 4.79 Å². The third-order valence-electron chi connectivity index (χ3n) is 6.53. The summed E-state index contributed by atoms with van der Waals surface area (Å²) in [5.41, 5.74) is 4.56. The van der Waals surface area contributed by atoms with E-state index in [9.17, 15) is 9.90 Å². The second kappa shape index (κ2) is 12.6. The Morgan fingerprint density at radius 1 is 1.26 bits per heavy atom. The van der Waals surface area contributed by atoms with E-state index in [1.54, 1.807) is 7.11 Å². The van der Waals surface area contributed by atoms with E-state index in [1.165, 1.54) is 7.11 Å². The third-order valence-corrected chi connectivity index (χ3v) is 6.53. The van der Waals surface area contributed by atoms with E-state index < -0.39 is 30.1 Å². The number of hydrogen-bond acceptors (Lipinski definition) is 6. The predicted octanol–water partition coefficient (Wildman–Crippen LogP) is 5.44. The van der Waals surface area contributed by atoms with Gasteiger partial charge in [-0.1, -0.05) is 61.9 Å². The zero-order valence-electron chi connectivity index (χ0n) is 22.5. The maximum atomic E-state index is 13.0. The number of benzene rings is 1. The number of carbonyl (C=O) groups excluding carboxylic acids is 1. The van der Waals surface area contributed by atoms with Gasteiger partial charge in [-0.15, -0.1) is 0 Å². The van der Waals surface area contributed by atoms with Crippen LogP contribution >= 0.6 is 0 Å². The molecule has 0 unspecified atom stereocenters. The van der Waals surface area contributed by atoms with E-state index in [0.717, 1.165) is 33.4 Å². The number of esters is 1. The van der Waals surface area contributed by atoms with Crippen LogP contribution in [0.5, 0.6) is 0 Å². The largest absolute Gasteiger partial charge is 0.467 e. The smallest absolute Gasteiger partial charge is 0.343 e. The molecule has 0 saturated carbocycles. The molecule has 0 aliphatic carbocycles. The van der Waals surface area contributed by atoms with E-state index >= 15 is 0 Å². The summed E-state index contributed by atoms with van der Waals surface area (Å²) in [6.45, 7) is 16.1. The summed E-state index contributed by atoms with van der Waals surface area (Å²) in [6.07, 6.45) is 5.28. The number of aliphatic hydroxyl groups excluding tert-OH is 1. The quantitative estimate of drug-likeness (QED) is 0.255. The lowest BCUT2D eigenvalue weighted by atomic mass is 9.93. The molecule has 1 aliphatic heterocycles. The first-order chi connectivity index (χ1) is 16.5. The number of aliphatic hydroxyl groups is 1. The topological polar surface area (TPSA) is 74.2 Å². The van der Waals surface area contributed by atoms with Crippen molar-refractivity contribution in [3.8, 4) is 0 Å². The van der Waals surface area contributed by atoms with Crippen molar-refractivity contribution < 1.29 is 28.8 Å². The molecule has 0 radical (unpaired) electrons. The summed E-state index contributed by atoms with van der Waals surface area (Å²) < 4.78 is 23.2. The Morgan fingerprint density at radius 2 is 1.89 bits per heavy atom. The number of ether oxygens (including phenoxy) is 4. The van der Waals surface area contributed by atoms with Gasteiger partial charge in [0, 0.05) is 12.7 Å². The summed E-state index contributed by atoms with van der Waals surface area (Å²) in [5.74, 6) is -0.416. The molecule has 1 N–H and O–H groups in total. The lowest BCUT2D eigenvalue weighted by molar-refractivity contribution is -0.183. The van der Waals surface area contributed by atoms with Gasteiger partial charge in [0.25, 0.3) is 0 Å². The van der Waals surface area contributed by atoms with E-state index in [4.69, 9.17) is 18.9 Å². The van der Waals surface area contributed by atoms with Crippen LogP contribution in [-0.4, -0.2) is 49.7 Å². The molecule has 5 atom stereocenters. The Bertz CT molecular complexity index is 939. The molecule has 0 amide bonds. The van der Waals surface area contributed by atoms with Crippen molar-refractivity contribution in [3.63, 3.8) is 0 Å². The fourth-order valence-corrected chi connectivity index (χ4v) is 4.70. The first kappa shape index (κ1) is 29.0. The monoisotopic (exact) mass is 486 g/mol. The lowest BCUT2D eigenvalue weighted by Gasteiger charge is -2.30. The molecule has 1 aliphatic rings. The molecule has 1 aromatic rings. The second-order valence-corrected chi connectivity index (χ2v) is 9.65. The third kappa shape index (κ3) is 6.91. The Hall–Kier alpha value is -2.25. The van der Waals surface area contributed by atoms with Crippen LogP contribution in [0.1, 0.15) is 62.2 Å². The zero-order chi connectivity index (χ0) is 26.3. The maximum absolute atomic E-state index is 13.0. The number of methoxy groups -OCH3 is 2. The van der Waals surface area contributed by atoms with E-state index in [0.29, 0.717) is 12.8 Å². The summed E-state index contributed by atoms with van der Waals surface area (Å²) in [5, 5.41) is 9.98. The van der Waals surface area contributed by atoms with Gasteiger partial charge >= 0.3 is 5.97 Å². The highest BCUT2D eigenvalue weighted by atomic mass is 16.8. The fourth-order valence-electron chi connectivity index (χ4n) is 4.70. The normalized spacial score (nSPS) is 23.3. The highest BCUT2D eigenvalue weighted by Crippen LogP contribution is 2.40. The molecular formula is C29H42O6. The molecule has 0 bridgehead atoms. The molecule has 0 spiro atoms. The van der Waals surface area contributed by atoms with Crippen molar-refractivity contribution in [1.82, 2.24) is 0 Å². The lowest BCUT2D eigenvalue weighted by Crippen LogP contribution is -2.52. The van der Waals surface area contributed by atoms with Gasteiger partial charge in [0.05, 0.1) is 19.8 Å². The van der Waals surface area contributed by atoms with E-state index in [2.05, 4.69) is 25.6 Å². The number of rotatable bonds is 11. The Kier molecular flexibility index (Phi) is 10.5. The summed E-state index contributed by atoms with van der Waals surface area (Å²) in [4.78, 5) is 13.0. The average Bonchev–Trinajstić information content (AvgIpc) is 3.23. The van der Waals surface area contributed by atoms with Crippen LogP contribution in [0.4, 0.5) is 0 Å². The molecular weight excluding hydrogens is 444 g/mol. The highest BCUT2D eigenvalue weighted by Gasteiger charge is 2.55. The molecule has 1 fully saturated rings. The summed E-state index contributed by atoms with van der Waals surface area (Å²) in [7, 11) is 2.88. The van der Waals surface area contributed by atoms with Crippen LogP contribution in [0.15, 0.2) is 48.1 Å². The fraction of sp³-hybridized carbons (Fsp3) is 0.552. The maximum Gasteiger partial charge on any atom is 0.343 e. The van der Waals surface area contributed by atoms with Crippen molar-refractivity contribution in [3.05, 3.63) is 70.3 Å². The first-order valence-corrected chi connectivity index (χ1v) is 12.2. The highest BCUT2D eigenvalue weighted by molar-refractivity contribution is 5.81. The second-order valence-electron chi connectivity index (χ2n) is 9.65. The number of carbonyl (C=O) groups is 1. The van der Waals surface area contributed by atoms with Crippen LogP contribution in [0.2, 0.25) is 0 Å². The molecule has 1 saturated heterocycles. The van der Waals surface area contributed by atoms with Gasteiger partial charge in [0.1, 0.15) is 6.10 Å². The molecule has 35 heavy (non-hydrogen) atoms. The van der Waals surface area contributed by atoms with Gasteiger partial charge in [-0.2, -0.15) is 0 Å². The zero-order valence-corrected chi connectivity index (χ0v) is 22.5. The van der Waals surface area contributed by atoms with Crippen molar-refractivity contribution in [2.45, 2.75) is 78.5 Å². The van der Waals surface area contributed by atoms with Crippen LogP contribution in [0.25, 0.3) is 0 Å². The number of hydrogen-bond donors (Lipinski definition) is 1. The van der Waals surface area contributed by atoms with Gasteiger partial charge < -0.3 is 24.1 Å². The summed E-state index contributed by atoms with van der Waals surface area (Å²) >= 11 is 0. The van der Waals surface area contributed by atoms with E-state index in [-0.39, 0.29) is 12.5 Å². The Labute approximate surface area is 210 Å². The molecule has 1 heterocycles. The minimum absolute atomic E-state index is 0.0118. The SMILES string of the molecule is C=C(/C=C(\C)[C@@H](O)CC)C[C@H](C)/C=C/[C@H](OC)[C@]1(C(=O)OC)CO[C@@H](c2c(C)cc(C)cc2C)O1. The van der Waals surface area contributed by atoms with Crippen molar-refractivity contribution in [2.75, 3.05) is 20.8 Å². The molecule has 6 nitrogen and oxygen atoms in total. The number of aryl methyl sites for hydroxylation is 3. The predicted molar refractivity (Wildman–Crippen MR) is 138 cm³/mol. The Balaban J connectivity index is 2.24. The first-order valence-electron chi connectivity index (χ1n) is 12.2. The molecule has 194 valence electrons. The van der Waals surface area contributed by atoms with E-state index in [1.807, 2.05) is 52.8 Å². The van der Waals surface area contributed by atoms with Crippen molar-refractivity contribution >= 4 is 5.97 Å². The van der Waals surface area contributed by atoms with Crippen molar-refractivity contribution in [2.24, 2.45) is 5.92 Å². The van der Waals surface area contributed by atoms with Gasteiger partial charge in [-0.3, -0.25) is 0 Å². The van der Waals surface area contributed by atoms with Crippen LogP contribution < -0.4 is 0 Å². The van der Waals surface area contributed by atoms with Gasteiger partial charge in [0.15, 0.2) is 6.29 Å². The molecule has 2 rings (SSSR count). The molecule has 0 aromatic heterocycles. The van der Waals surface area contributed by atoms with Gasteiger partial charge in [0.2, 0.25) is 5.60 Å². The van der Waals surface area contributed by atoms with Gasteiger partial charge in [-0.05, 0) is 63.2 Å². The minimum Gasteiger partial charge on any atom is -0.467 e. The summed E-state index contributed by atoms with van der Waals surface area (Å²) in [6, 6.07) is 4.15. The van der Waals surface area contributed by atoms with Crippen LogP contribution in [0.3, 0.4) is 0 Å².